The molecule has 78 valence electrons. The number of hydrogen-bond donors (Lipinski definition) is 0. The summed E-state index contributed by atoms with van der Waals surface area (Å²) in [6.07, 6.45) is 2.15. The van der Waals surface area contributed by atoms with Crippen molar-refractivity contribution in [1.82, 2.24) is 4.90 Å². The molecule has 0 unspecified atom stereocenters. The van der Waals surface area contributed by atoms with Crippen LogP contribution < -0.4 is 0 Å². The highest BCUT2D eigenvalue weighted by molar-refractivity contribution is 7.98. The molecule has 1 nitrogen and oxygen atoms in total. The van der Waals surface area contributed by atoms with Gasteiger partial charge in [-0.1, -0.05) is 29.8 Å². The molecule has 0 atom stereocenters. The monoisotopic (exact) mass is 209 g/mol. The van der Waals surface area contributed by atoms with E-state index in [1.807, 2.05) is 11.8 Å². The maximum absolute atomic E-state index is 2.37. The molecule has 0 aliphatic heterocycles. The Morgan fingerprint density at radius 3 is 2.79 bits per heavy atom. The fourth-order valence-corrected chi connectivity index (χ4v) is 1.94. The third-order valence-electron chi connectivity index (χ3n) is 2.21. The van der Waals surface area contributed by atoms with Crippen LogP contribution in [0, 0.1) is 6.92 Å². The number of thioether (sulfide) groups is 1. The zero-order valence-electron chi connectivity index (χ0n) is 9.29. The first-order valence-corrected chi connectivity index (χ1v) is 6.35. The average molecular weight is 209 g/mol. The predicted octanol–water partition coefficient (Wildman–Crippen LogP) is 2.79. The Morgan fingerprint density at radius 2 is 2.14 bits per heavy atom. The highest BCUT2D eigenvalue weighted by atomic mass is 32.2. The fourth-order valence-electron chi connectivity index (χ4n) is 1.45. The predicted molar refractivity (Wildman–Crippen MR) is 65.9 cm³/mol. The van der Waals surface area contributed by atoms with Crippen molar-refractivity contribution in [2.24, 2.45) is 0 Å². The largest absolute Gasteiger partial charge is 0.301 e. The highest BCUT2D eigenvalue weighted by Crippen LogP contribution is 2.06. The first kappa shape index (κ1) is 11.6. The average Bonchev–Trinajstić information content (AvgIpc) is 2.15. The van der Waals surface area contributed by atoms with E-state index in [9.17, 15) is 0 Å². The van der Waals surface area contributed by atoms with Crippen molar-refractivity contribution in [2.75, 3.05) is 25.6 Å². The van der Waals surface area contributed by atoms with E-state index in [4.69, 9.17) is 0 Å². The van der Waals surface area contributed by atoms with E-state index in [0.717, 1.165) is 13.1 Å². The Balaban J connectivity index is 2.43. The van der Waals surface area contributed by atoms with Crippen LogP contribution >= 0.6 is 11.8 Å². The second-order valence-corrected chi connectivity index (χ2v) is 4.71. The summed E-state index contributed by atoms with van der Waals surface area (Å²) in [6, 6.07) is 8.73. The van der Waals surface area contributed by atoms with Crippen LogP contribution in [0.5, 0.6) is 0 Å². The zero-order chi connectivity index (χ0) is 10.4. The van der Waals surface area contributed by atoms with Crippen molar-refractivity contribution in [3.05, 3.63) is 35.4 Å². The van der Waals surface area contributed by atoms with Gasteiger partial charge in [0, 0.05) is 18.8 Å². The SMILES string of the molecule is CSCCN(C)Cc1cccc(C)c1. The third kappa shape index (κ3) is 4.16. The van der Waals surface area contributed by atoms with Gasteiger partial charge >= 0.3 is 0 Å². The minimum absolute atomic E-state index is 1.06. The summed E-state index contributed by atoms with van der Waals surface area (Å²) >= 11 is 1.90. The van der Waals surface area contributed by atoms with Crippen LogP contribution in [0.4, 0.5) is 0 Å². The van der Waals surface area contributed by atoms with E-state index in [0.29, 0.717) is 0 Å². The van der Waals surface area contributed by atoms with Gasteiger partial charge in [-0.05, 0) is 25.8 Å². The van der Waals surface area contributed by atoms with Crippen molar-refractivity contribution in [2.45, 2.75) is 13.5 Å². The normalized spacial score (nSPS) is 10.9. The van der Waals surface area contributed by atoms with Crippen LogP contribution in [-0.2, 0) is 6.54 Å². The summed E-state index contributed by atoms with van der Waals surface area (Å²) in [5.74, 6) is 1.21. The number of aryl methyl sites for hydroxylation is 1. The van der Waals surface area contributed by atoms with Gasteiger partial charge in [-0.3, -0.25) is 0 Å². The van der Waals surface area contributed by atoms with Gasteiger partial charge in [0.05, 0.1) is 0 Å². The summed E-state index contributed by atoms with van der Waals surface area (Å²) in [6.45, 7) is 4.36. The van der Waals surface area contributed by atoms with E-state index < -0.39 is 0 Å². The fraction of sp³-hybridized carbons (Fsp3) is 0.500. The smallest absolute Gasteiger partial charge is 0.0231 e. The Bertz CT molecular complexity index is 273. The maximum atomic E-state index is 2.37. The van der Waals surface area contributed by atoms with Gasteiger partial charge in [0.25, 0.3) is 0 Å². The molecule has 0 saturated heterocycles. The number of benzene rings is 1. The molecular formula is C12H19NS. The van der Waals surface area contributed by atoms with Crippen molar-refractivity contribution >= 4 is 11.8 Å². The van der Waals surface area contributed by atoms with E-state index in [-0.39, 0.29) is 0 Å². The highest BCUT2D eigenvalue weighted by Gasteiger charge is 1.99. The lowest BCUT2D eigenvalue weighted by atomic mass is 10.1. The van der Waals surface area contributed by atoms with Gasteiger partial charge in [0.15, 0.2) is 0 Å². The maximum Gasteiger partial charge on any atom is 0.0231 e. The molecule has 1 aromatic carbocycles. The molecule has 0 fully saturated rings. The van der Waals surface area contributed by atoms with E-state index in [1.54, 1.807) is 0 Å². The molecule has 0 aliphatic carbocycles. The molecule has 0 bridgehead atoms. The lowest BCUT2D eigenvalue weighted by Crippen LogP contribution is -2.20. The summed E-state index contributed by atoms with van der Waals surface area (Å²) in [7, 11) is 2.18. The molecule has 0 amide bonds. The number of hydrogen-bond acceptors (Lipinski definition) is 2. The minimum atomic E-state index is 1.06. The van der Waals surface area contributed by atoms with Gasteiger partial charge in [-0.25, -0.2) is 0 Å². The molecule has 0 heterocycles. The van der Waals surface area contributed by atoms with Crippen molar-refractivity contribution in [3.63, 3.8) is 0 Å². The first-order valence-electron chi connectivity index (χ1n) is 4.95. The van der Waals surface area contributed by atoms with Gasteiger partial charge < -0.3 is 4.90 Å². The second-order valence-electron chi connectivity index (χ2n) is 3.72. The van der Waals surface area contributed by atoms with Gasteiger partial charge in [-0.15, -0.1) is 0 Å². The molecule has 0 aromatic heterocycles. The molecule has 0 spiro atoms. The molecule has 0 N–H and O–H groups in total. The Kier molecular flexibility index (Phi) is 5.05. The summed E-state index contributed by atoms with van der Waals surface area (Å²) in [5.41, 5.74) is 2.76. The van der Waals surface area contributed by atoms with E-state index >= 15 is 0 Å². The summed E-state index contributed by atoms with van der Waals surface area (Å²) in [5, 5.41) is 0. The summed E-state index contributed by atoms with van der Waals surface area (Å²) < 4.78 is 0. The Hall–Kier alpha value is -0.470. The standard InChI is InChI=1S/C12H19NS/c1-11-5-4-6-12(9-11)10-13(2)7-8-14-3/h4-6,9H,7-8,10H2,1-3H3. The quantitative estimate of drug-likeness (QED) is 0.733. The second kappa shape index (κ2) is 6.10. The van der Waals surface area contributed by atoms with Crippen molar-refractivity contribution in [1.29, 1.82) is 0 Å². The molecule has 14 heavy (non-hydrogen) atoms. The Labute approximate surface area is 91.5 Å². The van der Waals surface area contributed by atoms with Crippen LogP contribution in [-0.4, -0.2) is 30.5 Å². The molecular weight excluding hydrogens is 190 g/mol. The lowest BCUT2D eigenvalue weighted by Gasteiger charge is -2.16. The van der Waals surface area contributed by atoms with E-state index in [1.165, 1.54) is 16.9 Å². The van der Waals surface area contributed by atoms with Crippen LogP contribution in [0.2, 0.25) is 0 Å². The van der Waals surface area contributed by atoms with Gasteiger partial charge in [-0.2, -0.15) is 11.8 Å². The topological polar surface area (TPSA) is 3.24 Å². The van der Waals surface area contributed by atoms with E-state index in [2.05, 4.69) is 49.4 Å². The molecule has 0 saturated carbocycles. The molecule has 1 rings (SSSR count). The van der Waals surface area contributed by atoms with Crippen LogP contribution in [0.1, 0.15) is 11.1 Å². The molecule has 0 aliphatic rings. The lowest BCUT2D eigenvalue weighted by molar-refractivity contribution is 0.348. The van der Waals surface area contributed by atoms with Gasteiger partial charge in [0.2, 0.25) is 0 Å². The molecule has 0 radical (unpaired) electrons. The molecule has 1 aromatic rings. The number of rotatable bonds is 5. The van der Waals surface area contributed by atoms with Crippen molar-refractivity contribution < 1.29 is 0 Å². The van der Waals surface area contributed by atoms with Crippen LogP contribution in [0.15, 0.2) is 24.3 Å². The van der Waals surface area contributed by atoms with Gasteiger partial charge in [0.1, 0.15) is 0 Å². The van der Waals surface area contributed by atoms with Crippen molar-refractivity contribution in [3.8, 4) is 0 Å². The molecule has 2 heteroatoms. The minimum Gasteiger partial charge on any atom is -0.301 e. The van der Waals surface area contributed by atoms with Crippen LogP contribution in [0.3, 0.4) is 0 Å². The van der Waals surface area contributed by atoms with Crippen LogP contribution in [0.25, 0.3) is 0 Å². The first-order chi connectivity index (χ1) is 6.72. The number of nitrogens with zero attached hydrogens (tertiary/aromatic N) is 1. The third-order valence-corrected chi connectivity index (χ3v) is 2.80. The Morgan fingerprint density at radius 1 is 1.36 bits per heavy atom. The zero-order valence-corrected chi connectivity index (χ0v) is 10.1. The summed E-state index contributed by atoms with van der Waals surface area (Å²) in [4.78, 5) is 2.37.